The molecule has 3 heterocycles. The van der Waals surface area contributed by atoms with E-state index in [-0.39, 0.29) is 5.82 Å². The van der Waals surface area contributed by atoms with Gasteiger partial charge in [-0.05, 0) is 49.4 Å². The second-order valence-corrected chi connectivity index (χ2v) is 6.68. The first-order valence-corrected chi connectivity index (χ1v) is 9.36. The summed E-state index contributed by atoms with van der Waals surface area (Å²) >= 11 is 0. The van der Waals surface area contributed by atoms with Gasteiger partial charge in [0.1, 0.15) is 24.3 Å². The number of hydrogen-bond acceptors (Lipinski definition) is 4. The monoisotopic (exact) mass is 387 g/mol. The fourth-order valence-corrected chi connectivity index (χ4v) is 3.61. The minimum absolute atomic E-state index is 0.287. The van der Waals surface area contributed by atoms with Gasteiger partial charge < -0.3 is 4.57 Å². The first-order valence-electron chi connectivity index (χ1n) is 9.36. The van der Waals surface area contributed by atoms with E-state index in [2.05, 4.69) is 32.7 Å². The van der Waals surface area contributed by atoms with E-state index in [0.717, 1.165) is 34.8 Å². The molecule has 2 aromatic carbocycles. The molecule has 0 radical (unpaired) electrons. The van der Waals surface area contributed by atoms with Gasteiger partial charge in [0, 0.05) is 19.2 Å². The predicted octanol–water partition coefficient (Wildman–Crippen LogP) is 3.55. The van der Waals surface area contributed by atoms with E-state index in [4.69, 9.17) is 4.98 Å². The Kier molecular flexibility index (Phi) is 4.16. The number of fused-ring (bicyclic) bond motifs is 1. The normalized spacial score (nSPS) is 11.4. The molecule has 29 heavy (non-hydrogen) atoms. The van der Waals surface area contributed by atoms with Crippen molar-refractivity contribution >= 4 is 11.0 Å². The van der Waals surface area contributed by atoms with E-state index in [9.17, 15) is 4.39 Å². The van der Waals surface area contributed by atoms with Gasteiger partial charge in [0.15, 0.2) is 0 Å². The van der Waals surface area contributed by atoms with Crippen LogP contribution in [0.5, 0.6) is 0 Å². The van der Waals surface area contributed by atoms with Crippen molar-refractivity contribution in [2.75, 3.05) is 0 Å². The summed E-state index contributed by atoms with van der Waals surface area (Å²) in [5.41, 5.74) is 4.50. The van der Waals surface area contributed by atoms with Crippen LogP contribution in [0.1, 0.15) is 18.4 Å². The van der Waals surface area contributed by atoms with Crippen LogP contribution in [-0.2, 0) is 13.0 Å². The topological polar surface area (TPSA) is 66.3 Å². The predicted molar refractivity (Wildman–Crippen MR) is 107 cm³/mol. The van der Waals surface area contributed by atoms with E-state index >= 15 is 0 Å². The summed E-state index contributed by atoms with van der Waals surface area (Å²) in [7, 11) is 0. The third-order valence-corrected chi connectivity index (χ3v) is 4.92. The third kappa shape index (κ3) is 3.08. The van der Waals surface area contributed by atoms with Crippen molar-refractivity contribution in [3.05, 3.63) is 84.7 Å². The number of benzene rings is 2. The highest BCUT2D eigenvalue weighted by molar-refractivity contribution is 5.78. The third-order valence-electron chi connectivity index (χ3n) is 4.92. The molecule has 0 aliphatic carbocycles. The number of aryl methyl sites for hydroxylation is 1. The zero-order valence-electron chi connectivity index (χ0n) is 15.8. The molecule has 0 spiro atoms. The van der Waals surface area contributed by atoms with Crippen LogP contribution in [0.3, 0.4) is 0 Å². The summed E-state index contributed by atoms with van der Waals surface area (Å²) in [5, 5.41) is 8.56. The van der Waals surface area contributed by atoms with Crippen LogP contribution in [0.15, 0.2) is 67.4 Å². The standard InChI is InChI=1S/C21H18FN7/c1-2-27-20-7-6-16(28-14-23-13-25-28)11-19(20)26-21(27)12-18-8-9-24-29(18)17-5-3-4-15(22)10-17/h3-11,13-14H,2,12H2,1H3. The summed E-state index contributed by atoms with van der Waals surface area (Å²) in [6.45, 7) is 2.89. The van der Waals surface area contributed by atoms with Gasteiger partial charge in [0.05, 0.1) is 28.1 Å². The highest BCUT2D eigenvalue weighted by Gasteiger charge is 2.14. The largest absolute Gasteiger partial charge is 0.328 e. The first-order chi connectivity index (χ1) is 14.2. The maximum absolute atomic E-state index is 13.7. The van der Waals surface area contributed by atoms with E-state index in [1.165, 1.54) is 18.5 Å². The molecule has 0 atom stereocenters. The van der Waals surface area contributed by atoms with Crippen LogP contribution in [-0.4, -0.2) is 34.1 Å². The van der Waals surface area contributed by atoms with Crippen LogP contribution >= 0.6 is 0 Å². The smallest absolute Gasteiger partial charge is 0.138 e. The molecule has 8 heteroatoms. The van der Waals surface area contributed by atoms with Crippen LogP contribution in [0, 0.1) is 5.82 Å². The minimum atomic E-state index is -0.287. The van der Waals surface area contributed by atoms with Crippen LogP contribution in [0.2, 0.25) is 0 Å². The molecule has 0 saturated heterocycles. The summed E-state index contributed by atoms with van der Waals surface area (Å²) in [4.78, 5) is 8.87. The lowest BCUT2D eigenvalue weighted by atomic mass is 10.2. The van der Waals surface area contributed by atoms with Crippen LogP contribution < -0.4 is 0 Å². The highest BCUT2D eigenvalue weighted by Crippen LogP contribution is 2.22. The van der Waals surface area contributed by atoms with Gasteiger partial charge in [-0.2, -0.15) is 10.2 Å². The van der Waals surface area contributed by atoms with Crippen molar-refractivity contribution in [2.24, 2.45) is 0 Å². The molecule has 0 saturated carbocycles. The van der Waals surface area contributed by atoms with Crippen molar-refractivity contribution < 1.29 is 4.39 Å². The number of hydrogen-bond donors (Lipinski definition) is 0. The number of rotatable bonds is 5. The van der Waals surface area contributed by atoms with Crippen molar-refractivity contribution in [3.8, 4) is 11.4 Å². The molecule has 0 N–H and O–H groups in total. The molecule has 0 amide bonds. The molecule has 3 aromatic heterocycles. The summed E-state index contributed by atoms with van der Waals surface area (Å²) in [6.07, 6.45) is 5.48. The second kappa shape index (κ2) is 6.97. The Labute approximate surface area is 166 Å². The van der Waals surface area contributed by atoms with Gasteiger partial charge in [-0.3, -0.25) is 0 Å². The summed E-state index contributed by atoms with van der Waals surface area (Å²) in [6, 6.07) is 14.4. The quantitative estimate of drug-likeness (QED) is 0.463. The fraction of sp³-hybridized carbons (Fsp3) is 0.143. The van der Waals surface area contributed by atoms with Crippen LogP contribution in [0.25, 0.3) is 22.4 Å². The average Bonchev–Trinajstić information content (AvgIpc) is 3.47. The maximum atomic E-state index is 13.7. The second-order valence-electron chi connectivity index (χ2n) is 6.68. The van der Waals surface area contributed by atoms with Gasteiger partial charge in [0.2, 0.25) is 0 Å². The summed E-state index contributed by atoms with van der Waals surface area (Å²) < 4.78 is 19.3. The van der Waals surface area contributed by atoms with E-state index in [1.54, 1.807) is 28.0 Å². The fourth-order valence-electron chi connectivity index (χ4n) is 3.61. The SMILES string of the molecule is CCn1c(Cc2ccnn2-c2cccc(F)c2)nc2cc(-n3cncn3)ccc21. The zero-order valence-corrected chi connectivity index (χ0v) is 15.8. The molecule has 0 fully saturated rings. The lowest BCUT2D eigenvalue weighted by molar-refractivity contribution is 0.624. The zero-order chi connectivity index (χ0) is 19.8. The Bertz CT molecular complexity index is 1280. The number of aromatic nitrogens is 7. The molecular formula is C21H18FN7. The van der Waals surface area contributed by atoms with Crippen molar-refractivity contribution in [1.82, 2.24) is 34.1 Å². The van der Waals surface area contributed by atoms with Gasteiger partial charge >= 0.3 is 0 Å². The van der Waals surface area contributed by atoms with Crippen molar-refractivity contribution in [1.29, 1.82) is 0 Å². The number of imidazole rings is 1. The Morgan fingerprint density at radius 3 is 2.72 bits per heavy atom. The van der Waals surface area contributed by atoms with Crippen molar-refractivity contribution in [3.63, 3.8) is 0 Å². The molecule has 0 aliphatic rings. The molecule has 0 aliphatic heterocycles. The summed E-state index contributed by atoms with van der Waals surface area (Å²) in [5.74, 6) is 0.641. The number of halogens is 1. The van der Waals surface area contributed by atoms with E-state index < -0.39 is 0 Å². The Balaban J connectivity index is 1.55. The Morgan fingerprint density at radius 2 is 1.93 bits per heavy atom. The lowest BCUT2D eigenvalue weighted by Crippen LogP contribution is -2.07. The van der Waals surface area contributed by atoms with Gasteiger partial charge in [-0.25, -0.2) is 23.7 Å². The molecule has 0 unspecified atom stereocenters. The molecule has 0 bridgehead atoms. The highest BCUT2D eigenvalue weighted by atomic mass is 19.1. The maximum Gasteiger partial charge on any atom is 0.138 e. The first kappa shape index (κ1) is 17.3. The number of nitrogens with zero attached hydrogens (tertiary/aromatic N) is 7. The van der Waals surface area contributed by atoms with Crippen molar-refractivity contribution in [2.45, 2.75) is 19.9 Å². The lowest BCUT2D eigenvalue weighted by Gasteiger charge is -2.09. The molecular weight excluding hydrogens is 369 g/mol. The molecule has 5 rings (SSSR count). The molecule has 7 nitrogen and oxygen atoms in total. The van der Waals surface area contributed by atoms with Gasteiger partial charge in [-0.1, -0.05) is 6.07 Å². The van der Waals surface area contributed by atoms with Gasteiger partial charge in [-0.15, -0.1) is 0 Å². The average molecular weight is 387 g/mol. The minimum Gasteiger partial charge on any atom is -0.328 e. The molecule has 144 valence electrons. The van der Waals surface area contributed by atoms with Gasteiger partial charge in [0.25, 0.3) is 0 Å². The Hall–Kier alpha value is -3.81. The Morgan fingerprint density at radius 1 is 1.00 bits per heavy atom. The molecule has 5 aromatic rings. The van der Waals surface area contributed by atoms with E-state index in [0.29, 0.717) is 12.1 Å². The van der Waals surface area contributed by atoms with E-state index in [1.807, 2.05) is 24.3 Å². The van der Waals surface area contributed by atoms with Crippen LogP contribution in [0.4, 0.5) is 4.39 Å².